The highest BCUT2D eigenvalue weighted by Gasteiger charge is 2.14. The maximum atomic E-state index is 13.5. The number of anilines is 2. The number of rotatable bonds is 2. The number of nitrogens with two attached hydrogens (primary N) is 1. The van der Waals surface area contributed by atoms with Crippen LogP contribution < -0.4 is 11.1 Å². The fraction of sp³-hybridized carbons (Fsp3) is 0.133. The minimum atomic E-state index is -0.912. The Kier molecular flexibility index (Phi) is 3.70. The Morgan fingerprint density at radius 1 is 1.10 bits per heavy atom. The van der Waals surface area contributed by atoms with Crippen molar-refractivity contribution in [1.82, 2.24) is 0 Å². The van der Waals surface area contributed by atoms with Gasteiger partial charge >= 0.3 is 0 Å². The average Bonchev–Trinajstić information content (AvgIpc) is 2.35. The molecule has 0 heterocycles. The summed E-state index contributed by atoms with van der Waals surface area (Å²) in [4.78, 5) is 12.0. The van der Waals surface area contributed by atoms with Crippen LogP contribution in [0.1, 0.15) is 21.5 Å². The van der Waals surface area contributed by atoms with Crippen LogP contribution >= 0.6 is 0 Å². The fourth-order valence-electron chi connectivity index (χ4n) is 1.81. The van der Waals surface area contributed by atoms with Crippen molar-refractivity contribution in [3.05, 3.63) is 58.7 Å². The molecule has 3 N–H and O–H groups in total. The van der Waals surface area contributed by atoms with E-state index < -0.39 is 17.5 Å². The van der Waals surface area contributed by atoms with Gasteiger partial charge in [-0.05, 0) is 49.2 Å². The first-order chi connectivity index (χ1) is 9.38. The summed E-state index contributed by atoms with van der Waals surface area (Å²) in [5.41, 5.74) is 8.32. The van der Waals surface area contributed by atoms with Gasteiger partial charge in [0.15, 0.2) is 0 Å². The molecule has 0 radical (unpaired) electrons. The maximum absolute atomic E-state index is 13.5. The molecular formula is C15H14F2N2O. The normalized spacial score (nSPS) is 10.4. The first-order valence-corrected chi connectivity index (χ1v) is 6.01. The van der Waals surface area contributed by atoms with Crippen molar-refractivity contribution in [2.24, 2.45) is 0 Å². The Morgan fingerprint density at radius 3 is 2.40 bits per heavy atom. The Morgan fingerprint density at radius 2 is 1.75 bits per heavy atom. The highest BCUT2D eigenvalue weighted by molar-refractivity contribution is 6.06. The van der Waals surface area contributed by atoms with Crippen LogP contribution in [0.3, 0.4) is 0 Å². The van der Waals surface area contributed by atoms with Crippen molar-refractivity contribution < 1.29 is 13.6 Å². The summed E-state index contributed by atoms with van der Waals surface area (Å²) in [5, 5.41) is 2.53. The summed E-state index contributed by atoms with van der Waals surface area (Å²) >= 11 is 0. The largest absolute Gasteiger partial charge is 0.397 e. The molecule has 0 aliphatic rings. The summed E-state index contributed by atoms with van der Waals surface area (Å²) in [7, 11) is 0. The third-order valence-corrected chi connectivity index (χ3v) is 3.09. The smallest absolute Gasteiger partial charge is 0.258 e. The first kappa shape index (κ1) is 14.0. The van der Waals surface area contributed by atoms with Crippen LogP contribution in [0.5, 0.6) is 0 Å². The van der Waals surface area contributed by atoms with Gasteiger partial charge in [-0.25, -0.2) is 8.78 Å². The lowest BCUT2D eigenvalue weighted by Crippen LogP contribution is -2.15. The van der Waals surface area contributed by atoms with Gasteiger partial charge in [0.2, 0.25) is 0 Å². The van der Waals surface area contributed by atoms with E-state index in [0.29, 0.717) is 17.4 Å². The zero-order chi connectivity index (χ0) is 14.9. The molecule has 1 amide bonds. The molecule has 2 aromatic carbocycles. The summed E-state index contributed by atoms with van der Waals surface area (Å²) in [6.45, 7) is 3.78. The third-order valence-electron chi connectivity index (χ3n) is 3.09. The average molecular weight is 276 g/mol. The number of benzene rings is 2. The van der Waals surface area contributed by atoms with Gasteiger partial charge in [0.1, 0.15) is 11.6 Å². The van der Waals surface area contributed by atoms with E-state index in [9.17, 15) is 13.6 Å². The monoisotopic (exact) mass is 276 g/mol. The second kappa shape index (κ2) is 5.28. The van der Waals surface area contributed by atoms with Crippen molar-refractivity contribution in [3.63, 3.8) is 0 Å². The number of hydrogen-bond acceptors (Lipinski definition) is 2. The molecule has 0 atom stereocenters. The van der Waals surface area contributed by atoms with Gasteiger partial charge in [-0.1, -0.05) is 0 Å². The number of aryl methyl sites for hydroxylation is 2. The number of amides is 1. The molecule has 5 heteroatoms. The van der Waals surface area contributed by atoms with E-state index in [-0.39, 0.29) is 5.56 Å². The van der Waals surface area contributed by atoms with Crippen LogP contribution in [-0.2, 0) is 0 Å². The number of halogens is 2. The minimum Gasteiger partial charge on any atom is -0.397 e. The Bertz CT molecular complexity index is 684. The number of nitrogen functional groups attached to an aromatic ring is 1. The van der Waals surface area contributed by atoms with Crippen LogP contribution in [0.2, 0.25) is 0 Å². The van der Waals surface area contributed by atoms with E-state index in [4.69, 9.17) is 5.73 Å². The topological polar surface area (TPSA) is 55.1 Å². The number of carbonyl (C=O) groups is 1. The van der Waals surface area contributed by atoms with Gasteiger partial charge < -0.3 is 11.1 Å². The molecule has 0 spiro atoms. The lowest BCUT2D eigenvalue weighted by atomic mass is 10.1. The minimum absolute atomic E-state index is 0.232. The summed E-state index contributed by atoms with van der Waals surface area (Å²) in [6, 6.07) is 6.23. The Balaban J connectivity index is 2.30. The summed E-state index contributed by atoms with van der Waals surface area (Å²) < 4.78 is 26.3. The van der Waals surface area contributed by atoms with Crippen LogP contribution in [0, 0.1) is 25.5 Å². The molecule has 0 saturated carbocycles. The SMILES string of the molecule is Cc1cc(N)c(NC(=O)c2ccc(F)cc2F)cc1C. The van der Waals surface area contributed by atoms with E-state index in [1.807, 2.05) is 13.8 Å². The standard InChI is InChI=1S/C15H14F2N2O/c1-8-5-13(18)14(6-9(8)2)19-15(20)11-4-3-10(16)7-12(11)17/h3-7H,18H2,1-2H3,(H,19,20). The molecule has 3 nitrogen and oxygen atoms in total. The summed E-state index contributed by atoms with van der Waals surface area (Å²) in [6.07, 6.45) is 0. The van der Waals surface area contributed by atoms with Crippen molar-refractivity contribution >= 4 is 17.3 Å². The van der Waals surface area contributed by atoms with Crippen LogP contribution in [0.25, 0.3) is 0 Å². The predicted molar refractivity (Wildman–Crippen MR) is 74.6 cm³/mol. The lowest BCUT2D eigenvalue weighted by molar-refractivity contribution is 0.102. The van der Waals surface area contributed by atoms with Gasteiger partial charge in [0.05, 0.1) is 16.9 Å². The van der Waals surface area contributed by atoms with Gasteiger partial charge in [-0.3, -0.25) is 4.79 Å². The van der Waals surface area contributed by atoms with E-state index in [2.05, 4.69) is 5.32 Å². The van der Waals surface area contributed by atoms with Crippen molar-refractivity contribution in [1.29, 1.82) is 0 Å². The molecule has 104 valence electrons. The molecule has 0 aliphatic heterocycles. The van der Waals surface area contributed by atoms with Gasteiger partial charge in [-0.2, -0.15) is 0 Å². The van der Waals surface area contributed by atoms with Crippen LogP contribution in [0.15, 0.2) is 30.3 Å². The molecular weight excluding hydrogens is 262 g/mol. The van der Waals surface area contributed by atoms with E-state index in [1.54, 1.807) is 12.1 Å². The molecule has 20 heavy (non-hydrogen) atoms. The van der Waals surface area contributed by atoms with Gasteiger partial charge in [0, 0.05) is 6.07 Å². The molecule has 0 bridgehead atoms. The molecule has 0 aromatic heterocycles. The van der Waals surface area contributed by atoms with Crippen molar-refractivity contribution in [3.8, 4) is 0 Å². The van der Waals surface area contributed by atoms with Crippen LogP contribution in [0.4, 0.5) is 20.2 Å². The van der Waals surface area contributed by atoms with E-state index >= 15 is 0 Å². The first-order valence-electron chi connectivity index (χ1n) is 6.01. The molecule has 2 aromatic rings. The fourth-order valence-corrected chi connectivity index (χ4v) is 1.81. The van der Waals surface area contributed by atoms with Crippen molar-refractivity contribution in [2.45, 2.75) is 13.8 Å². The van der Waals surface area contributed by atoms with Gasteiger partial charge in [0.25, 0.3) is 5.91 Å². The summed E-state index contributed by atoms with van der Waals surface area (Å²) in [5.74, 6) is -2.31. The highest BCUT2D eigenvalue weighted by atomic mass is 19.1. The molecule has 0 fully saturated rings. The molecule has 2 rings (SSSR count). The quantitative estimate of drug-likeness (QED) is 0.826. The molecule has 0 aliphatic carbocycles. The number of nitrogens with one attached hydrogen (secondary N) is 1. The van der Waals surface area contributed by atoms with Crippen LogP contribution in [-0.4, -0.2) is 5.91 Å². The van der Waals surface area contributed by atoms with E-state index in [1.165, 1.54) is 0 Å². The zero-order valence-electron chi connectivity index (χ0n) is 11.1. The predicted octanol–water partition coefficient (Wildman–Crippen LogP) is 3.42. The number of hydrogen-bond donors (Lipinski definition) is 2. The third kappa shape index (κ3) is 2.77. The molecule has 0 saturated heterocycles. The molecule has 0 unspecified atom stereocenters. The zero-order valence-corrected chi connectivity index (χ0v) is 11.1. The number of carbonyl (C=O) groups excluding carboxylic acids is 1. The maximum Gasteiger partial charge on any atom is 0.258 e. The van der Waals surface area contributed by atoms with E-state index in [0.717, 1.165) is 23.3 Å². The lowest BCUT2D eigenvalue weighted by Gasteiger charge is -2.11. The van der Waals surface area contributed by atoms with Gasteiger partial charge in [-0.15, -0.1) is 0 Å². The Hall–Kier alpha value is -2.43. The Labute approximate surface area is 115 Å². The second-order valence-corrected chi connectivity index (χ2v) is 4.60. The highest BCUT2D eigenvalue weighted by Crippen LogP contribution is 2.24. The van der Waals surface area contributed by atoms with Crippen molar-refractivity contribution in [2.75, 3.05) is 11.1 Å². The second-order valence-electron chi connectivity index (χ2n) is 4.60.